The highest BCUT2D eigenvalue weighted by Gasteiger charge is 2.45. The molecular formula is C18H23NO3. The van der Waals surface area contributed by atoms with Gasteiger partial charge in [0.1, 0.15) is 5.75 Å². The lowest BCUT2D eigenvalue weighted by Gasteiger charge is -2.45. The van der Waals surface area contributed by atoms with Gasteiger partial charge >= 0.3 is 5.97 Å². The number of para-hydroxylation sites is 1. The molecule has 2 aliphatic heterocycles. The van der Waals surface area contributed by atoms with Crippen molar-refractivity contribution in [2.45, 2.75) is 51.7 Å². The zero-order chi connectivity index (χ0) is 15.7. The van der Waals surface area contributed by atoms with Gasteiger partial charge in [-0.2, -0.15) is 0 Å². The molecule has 0 aromatic heterocycles. The third-order valence-electron chi connectivity index (χ3n) is 4.38. The Kier molecular flexibility index (Phi) is 3.85. The van der Waals surface area contributed by atoms with Crippen LogP contribution in [0.2, 0.25) is 0 Å². The number of rotatable bonds is 4. The van der Waals surface area contributed by atoms with Crippen LogP contribution in [0, 0.1) is 0 Å². The van der Waals surface area contributed by atoms with E-state index in [-0.39, 0.29) is 11.9 Å². The van der Waals surface area contributed by atoms with Crippen LogP contribution in [0.15, 0.2) is 35.5 Å². The lowest BCUT2D eigenvalue weighted by molar-refractivity contribution is -0.140. The maximum absolute atomic E-state index is 12.5. The van der Waals surface area contributed by atoms with Crippen LogP contribution in [0.5, 0.6) is 5.75 Å². The Morgan fingerprint density at radius 2 is 2.23 bits per heavy atom. The first-order valence-corrected chi connectivity index (χ1v) is 7.98. The molecule has 118 valence electrons. The second-order valence-corrected chi connectivity index (χ2v) is 6.28. The maximum atomic E-state index is 12.5. The topological polar surface area (TPSA) is 47.6 Å². The summed E-state index contributed by atoms with van der Waals surface area (Å²) in [6, 6.07) is 7.95. The number of unbranched alkanes of at least 4 members (excludes halogenated alkanes) is 1. The predicted molar refractivity (Wildman–Crippen MR) is 84.5 cm³/mol. The third kappa shape index (κ3) is 2.58. The molecule has 2 atom stereocenters. The van der Waals surface area contributed by atoms with Crippen molar-refractivity contribution >= 4 is 5.97 Å². The van der Waals surface area contributed by atoms with E-state index in [0.29, 0.717) is 6.61 Å². The van der Waals surface area contributed by atoms with E-state index in [1.165, 1.54) is 0 Å². The fourth-order valence-electron chi connectivity index (χ4n) is 3.39. The van der Waals surface area contributed by atoms with Crippen molar-refractivity contribution in [1.82, 2.24) is 5.32 Å². The zero-order valence-corrected chi connectivity index (χ0v) is 13.4. The van der Waals surface area contributed by atoms with E-state index in [4.69, 9.17) is 9.47 Å². The molecule has 2 heterocycles. The van der Waals surface area contributed by atoms with Gasteiger partial charge in [-0.15, -0.1) is 0 Å². The molecule has 1 N–H and O–H groups in total. The number of ether oxygens (including phenoxy) is 2. The van der Waals surface area contributed by atoms with Crippen molar-refractivity contribution in [1.29, 1.82) is 0 Å². The number of carbonyl (C=O) groups excluding carboxylic acids is 1. The van der Waals surface area contributed by atoms with E-state index in [0.717, 1.165) is 41.8 Å². The Bertz CT molecular complexity index is 623. The number of esters is 1. The van der Waals surface area contributed by atoms with E-state index in [1.807, 2.05) is 38.1 Å². The van der Waals surface area contributed by atoms with Crippen molar-refractivity contribution in [3.63, 3.8) is 0 Å². The largest absolute Gasteiger partial charge is 0.468 e. The van der Waals surface area contributed by atoms with Gasteiger partial charge in [0.15, 0.2) is 5.72 Å². The van der Waals surface area contributed by atoms with Crippen molar-refractivity contribution in [3.8, 4) is 5.75 Å². The van der Waals surface area contributed by atoms with Crippen molar-refractivity contribution in [2.24, 2.45) is 0 Å². The quantitative estimate of drug-likeness (QED) is 0.683. The Balaban J connectivity index is 1.94. The summed E-state index contributed by atoms with van der Waals surface area (Å²) < 4.78 is 11.5. The molecule has 0 spiro atoms. The SMILES string of the molecule is CCCCOC(=O)C1=C(C)N[C@]2(C)C[C@H]1c1ccccc1O2. The van der Waals surface area contributed by atoms with E-state index in [1.54, 1.807) is 0 Å². The molecular weight excluding hydrogens is 278 g/mol. The summed E-state index contributed by atoms with van der Waals surface area (Å²) in [6.07, 6.45) is 2.65. The average molecular weight is 301 g/mol. The molecule has 1 aromatic rings. The highest BCUT2D eigenvalue weighted by molar-refractivity contribution is 5.91. The number of hydrogen-bond acceptors (Lipinski definition) is 4. The zero-order valence-electron chi connectivity index (χ0n) is 13.4. The van der Waals surface area contributed by atoms with Gasteiger partial charge in [-0.05, 0) is 26.3 Å². The van der Waals surface area contributed by atoms with Crippen molar-refractivity contribution < 1.29 is 14.3 Å². The van der Waals surface area contributed by atoms with Gasteiger partial charge in [0, 0.05) is 23.6 Å². The predicted octanol–water partition coefficient (Wildman–Crippen LogP) is 3.49. The average Bonchev–Trinajstić information content (AvgIpc) is 2.46. The highest BCUT2D eigenvalue weighted by Crippen LogP contribution is 2.47. The van der Waals surface area contributed by atoms with Gasteiger partial charge in [0.05, 0.1) is 12.2 Å². The summed E-state index contributed by atoms with van der Waals surface area (Å²) in [5.74, 6) is 0.674. The summed E-state index contributed by atoms with van der Waals surface area (Å²) in [4.78, 5) is 12.5. The Morgan fingerprint density at radius 3 is 3.00 bits per heavy atom. The summed E-state index contributed by atoms with van der Waals surface area (Å²) in [6.45, 7) is 6.52. The second-order valence-electron chi connectivity index (χ2n) is 6.28. The van der Waals surface area contributed by atoms with Gasteiger partial charge in [-0.25, -0.2) is 4.79 Å². The van der Waals surface area contributed by atoms with E-state index < -0.39 is 5.72 Å². The minimum atomic E-state index is -0.462. The van der Waals surface area contributed by atoms with Gasteiger partial charge in [0.25, 0.3) is 0 Å². The minimum absolute atomic E-state index is 0.0327. The van der Waals surface area contributed by atoms with Crippen LogP contribution >= 0.6 is 0 Å². The first-order valence-electron chi connectivity index (χ1n) is 7.98. The summed E-state index contributed by atoms with van der Waals surface area (Å²) in [7, 11) is 0. The van der Waals surface area contributed by atoms with Gasteiger partial charge < -0.3 is 14.8 Å². The molecule has 1 aromatic carbocycles. The number of allylic oxidation sites excluding steroid dienone is 1. The molecule has 22 heavy (non-hydrogen) atoms. The molecule has 0 unspecified atom stereocenters. The minimum Gasteiger partial charge on any atom is -0.468 e. The lowest BCUT2D eigenvalue weighted by Crippen LogP contribution is -2.54. The van der Waals surface area contributed by atoms with Gasteiger partial charge in [0.2, 0.25) is 0 Å². The molecule has 2 bridgehead atoms. The highest BCUT2D eigenvalue weighted by atomic mass is 16.5. The molecule has 0 saturated heterocycles. The molecule has 0 radical (unpaired) electrons. The van der Waals surface area contributed by atoms with Crippen molar-refractivity contribution in [3.05, 3.63) is 41.1 Å². The Hall–Kier alpha value is -1.97. The summed E-state index contributed by atoms with van der Waals surface area (Å²) in [5, 5.41) is 3.34. The van der Waals surface area contributed by atoms with Crippen LogP contribution in [0.3, 0.4) is 0 Å². The van der Waals surface area contributed by atoms with Crippen LogP contribution in [0.4, 0.5) is 0 Å². The number of benzene rings is 1. The smallest absolute Gasteiger partial charge is 0.336 e. The molecule has 0 aliphatic carbocycles. The Morgan fingerprint density at radius 1 is 1.45 bits per heavy atom. The number of fused-ring (bicyclic) bond motifs is 4. The molecule has 4 nitrogen and oxygen atoms in total. The second kappa shape index (κ2) is 5.67. The number of hydrogen-bond donors (Lipinski definition) is 1. The first kappa shape index (κ1) is 14.9. The van der Waals surface area contributed by atoms with Crippen molar-refractivity contribution in [2.75, 3.05) is 6.61 Å². The van der Waals surface area contributed by atoms with Gasteiger partial charge in [-0.1, -0.05) is 31.5 Å². The number of carbonyl (C=O) groups is 1. The molecule has 4 heteroatoms. The van der Waals surface area contributed by atoms with Gasteiger partial charge in [-0.3, -0.25) is 0 Å². The maximum Gasteiger partial charge on any atom is 0.336 e. The van der Waals surface area contributed by atoms with Crippen LogP contribution in [0.25, 0.3) is 0 Å². The lowest BCUT2D eigenvalue weighted by atomic mass is 9.78. The molecule has 2 aliphatic rings. The summed E-state index contributed by atoms with van der Waals surface area (Å²) in [5.41, 5.74) is 2.21. The van der Waals surface area contributed by atoms with Crippen LogP contribution in [0.1, 0.15) is 51.5 Å². The fourth-order valence-corrected chi connectivity index (χ4v) is 3.39. The number of nitrogens with one attached hydrogen (secondary N) is 1. The van der Waals surface area contributed by atoms with Crippen LogP contribution < -0.4 is 10.1 Å². The molecule has 3 rings (SSSR count). The Labute approximate surface area is 131 Å². The molecule has 0 fully saturated rings. The van der Waals surface area contributed by atoms with E-state index in [2.05, 4.69) is 12.2 Å². The standard InChI is InChI=1S/C18H23NO3/c1-4-5-10-21-17(20)16-12(2)19-18(3)11-14(16)13-8-6-7-9-15(13)22-18/h6-9,14,19H,4-5,10-11H2,1-3H3/t14-,18-/m0/s1. The molecule has 0 amide bonds. The van der Waals surface area contributed by atoms with Crippen LogP contribution in [-0.4, -0.2) is 18.3 Å². The fraction of sp³-hybridized carbons (Fsp3) is 0.500. The van der Waals surface area contributed by atoms with E-state index in [9.17, 15) is 4.79 Å². The van der Waals surface area contributed by atoms with E-state index >= 15 is 0 Å². The van der Waals surface area contributed by atoms with Crippen LogP contribution in [-0.2, 0) is 9.53 Å². The monoisotopic (exact) mass is 301 g/mol. The summed E-state index contributed by atoms with van der Waals surface area (Å²) >= 11 is 0. The molecule has 0 saturated carbocycles. The third-order valence-corrected chi connectivity index (χ3v) is 4.38. The normalized spacial score (nSPS) is 25.9. The first-order chi connectivity index (χ1) is 10.5.